The highest BCUT2D eigenvalue weighted by Gasteiger charge is 2.26. The van der Waals surface area contributed by atoms with Gasteiger partial charge >= 0.3 is 5.97 Å². The number of hydrogen-bond donors (Lipinski definition) is 1. The van der Waals surface area contributed by atoms with Gasteiger partial charge in [-0.05, 0) is 81.0 Å². The molecule has 2 aliphatic heterocycles. The number of carboxylic acid groups (broad SMARTS) is 1. The van der Waals surface area contributed by atoms with E-state index >= 15 is 0 Å². The highest BCUT2D eigenvalue weighted by atomic mass is 19.1. The molecule has 4 aromatic heterocycles. The van der Waals surface area contributed by atoms with Gasteiger partial charge in [-0.1, -0.05) is 6.08 Å². The zero-order valence-electron chi connectivity index (χ0n) is 25.5. The van der Waals surface area contributed by atoms with Gasteiger partial charge in [-0.2, -0.15) is 5.10 Å². The van der Waals surface area contributed by atoms with E-state index in [2.05, 4.69) is 32.5 Å². The Balaban J connectivity index is 1.19. The standard InChI is InChI=1S/C34H35FN6O4/c1-20-16-23(34(43)44)17-26(35)31(20)22-8-12-39(13-9-22)21(2)29-18-24-27(7-11-36-32(24)38(29)3)40-14-10-28-25(33(40)42)19-37-41(28)30-6-4-5-15-45-30/h7-8,10-11,14,16-19,21,30H,4-6,9,12-13,15H2,1-3H3,(H,43,44)/t21-,30?/m1/s1. The molecular weight excluding hydrogens is 575 g/mol. The van der Waals surface area contributed by atoms with Crippen molar-refractivity contribution in [3.8, 4) is 5.69 Å². The molecular formula is C34H35FN6O4. The van der Waals surface area contributed by atoms with Crippen LogP contribution in [0, 0.1) is 12.7 Å². The van der Waals surface area contributed by atoms with E-state index in [-0.39, 0.29) is 23.4 Å². The number of rotatable bonds is 6. The summed E-state index contributed by atoms with van der Waals surface area (Å²) in [5, 5.41) is 15.2. The van der Waals surface area contributed by atoms with Crippen LogP contribution in [0.25, 0.3) is 33.2 Å². The van der Waals surface area contributed by atoms with Gasteiger partial charge in [-0.3, -0.25) is 14.3 Å². The number of pyridine rings is 2. The summed E-state index contributed by atoms with van der Waals surface area (Å²) < 4.78 is 26.4. The van der Waals surface area contributed by atoms with Gasteiger partial charge in [-0.15, -0.1) is 0 Å². The number of fused-ring (bicyclic) bond motifs is 2. The van der Waals surface area contributed by atoms with Gasteiger partial charge in [0.1, 0.15) is 11.5 Å². The van der Waals surface area contributed by atoms with Crippen LogP contribution in [0.2, 0.25) is 0 Å². The molecule has 6 heterocycles. The first-order valence-electron chi connectivity index (χ1n) is 15.3. The van der Waals surface area contributed by atoms with Crippen LogP contribution < -0.4 is 5.56 Å². The monoisotopic (exact) mass is 610 g/mol. The molecule has 7 rings (SSSR count). The van der Waals surface area contributed by atoms with E-state index in [9.17, 15) is 19.1 Å². The van der Waals surface area contributed by atoms with Gasteiger partial charge in [-0.25, -0.2) is 18.9 Å². The number of ether oxygens (including phenoxy) is 1. The summed E-state index contributed by atoms with van der Waals surface area (Å²) in [5.74, 6) is -1.64. The lowest BCUT2D eigenvalue weighted by Crippen LogP contribution is -2.32. The fraction of sp³-hybridized carbons (Fsp3) is 0.353. The molecule has 0 aliphatic carbocycles. The second-order valence-corrected chi connectivity index (χ2v) is 12.0. The van der Waals surface area contributed by atoms with Crippen LogP contribution in [0.4, 0.5) is 4.39 Å². The lowest BCUT2D eigenvalue weighted by Gasteiger charge is -2.32. The normalized spacial score (nSPS) is 18.4. The minimum absolute atomic E-state index is 0.0168. The molecule has 1 saturated heterocycles. The van der Waals surface area contributed by atoms with Crippen molar-refractivity contribution in [1.29, 1.82) is 0 Å². The molecule has 0 bridgehead atoms. The summed E-state index contributed by atoms with van der Waals surface area (Å²) >= 11 is 0. The lowest BCUT2D eigenvalue weighted by atomic mass is 9.93. The van der Waals surface area contributed by atoms with E-state index in [0.717, 1.165) is 58.8 Å². The maximum atomic E-state index is 15.0. The first-order valence-corrected chi connectivity index (χ1v) is 15.3. The van der Waals surface area contributed by atoms with Crippen LogP contribution in [0.1, 0.15) is 72.1 Å². The lowest BCUT2D eigenvalue weighted by molar-refractivity contribution is -0.0366. The molecule has 1 N–H and O–H groups in total. The average molecular weight is 611 g/mol. The maximum absolute atomic E-state index is 15.0. The number of aryl methyl sites for hydroxylation is 2. The molecule has 1 fully saturated rings. The molecule has 0 radical (unpaired) electrons. The summed E-state index contributed by atoms with van der Waals surface area (Å²) in [6.45, 7) is 5.91. The summed E-state index contributed by atoms with van der Waals surface area (Å²) in [6.07, 6.45) is 10.7. The van der Waals surface area contributed by atoms with Gasteiger partial charge in [0, 0.05) is 61.8 Å². The number of benzene rings is 1. The topological polar surface area (TPSA) is 107 Å². The summed E-state index contributed by atoms with van der Waals surface area (Å²) in [6, 6.07) is 8.53. The predicted octanol–water partition coefficient (Wildman–Crippen LogP) is 5.77. The first-order chi connectivity index (χ1) is 21.7. The quantitative estimate of drug-likeness (QED) is 0.260. The number of halogens is 1. The zero-order valence-corrected chi connectivity index (χ0v) is 25.5. The van der Waals surface area contributed by atoms with Crippen molar-refractivity contribution in [3.05, 3.63) is 93.6 Å². The first kappa shape index (κ1) is 29.1. The van der Waals surface area contributed by atoms with Gasteiger partial charge in [0.2, 0.25) is 0 Å². The molecule has 10 nitrogen and oxygen atoms in total. The van der Waals surface area contributed by atoms with Crippen molar-refractivity contribution >= 4 is 33.5 Å². The molecule has 0 amide bonds. The molecule has 0 saturated carbocycles. The van der Waals surface area contributed by atoms with Crippen molar-refractivity contribution in [3.63, 3.8) is 0 Å². The second-order valence-electron chi connectivity index (χ2n) is 12.0. The van der Waals surface area contributed by atoms with Crippen LogP contribution in [0.15, 0.2) is 59.8 Å². The van der Waals surface area contributed by atoms with E-state index in [4.69, 9.17) is 4.74 Å². The Hall–Kier alpha value is -4.61. The van der Waals surface area contributed by atoms with Crippen LogP contribution in [0.3, 0.4) is 0 Å². The molecule has 11 heteroatoms. The van der Waals surface area contributed by atoms with Crippen molar-refractivity contribution < 1.29 is 19.0 Å². The largest absolute Gasteiger partial charge is 0.478 e. The summed E-state index contributed by atoms with van der Waals surface area (Å²) in [5.41, 5.74) is 5.15. The number of hydrogen-bond acceptors (Lipinski definition) is 6. The molecule has 45 heavy (non-hydrogen) atoms. The second kappa shape index (κ2) is 11.4. The summed E-state index contributed by atoms with van der Waals surface area (Å²) in [7, 11) is 1.99. The summed E-state index contributed by atoms with van der Waals surface area (Å²) in [4.78, 5) is 32.1. The number of aromatic carboxylic acids is 1. The van der Waals surface area contributed by atoms with E-state index in [1.807, 2.05) is 29.9 Å². The van der Waals surface area contributed by atoms with E-state index < -0.39 is 11.8 Å². The minimum atomic E-state index is -1.14. The van der Waals surface area contributed by atoms with Crippen molar-refractivity contribution in [2.24, 2.45) is 7.05 Å². The van der Waals surface area contributed by atoms with Crippen LogP contribution in [-0.4, -0.2) is 59.6 Å². The fourth-order valence-electron chi connectivity index (χ4n) is 6.94. The molecule has 0 spiro atoms. The average Bonchev–Trinajstić information content (AvgIpc) is 3.63. The third-order valence-electron chi connectivity index (χ3n) is 9.37. The van der Waals surface area contributed by atoms with Crippen molar-refractivity contribution in [2.75, 3.05) is 19.7 Å². The molecule has 5 aromatic rings. The Labute approximate surface area is 259 Å². The van der Waals surface area contributed by atoms with Gasteiger partial charge in [0.25, 0.3) is 5.56 Å². The zero-order chi connectivity index (χ0) is 31.4. The van der Waals surface area contributed by atoms with Gasteiger partial charge < -0.3 is 14.4 Å². The van der Waals surface area contributed by atoms with E-state index in [1.54, 1.807) is 30.1 Å². The SMILES string of the molecule is Cc1cc(C(=O)O)cc(F)c1C1=CCN([C@H](C)c2cc3c(-n4ccc5c(cnn5C5CCCCO5)c4=O)ccnc3n2C)CC1. The third kappa shape index (κ3) is 4.96. The smallest absolute Gasteiger partial charge is 0.335 e. The molecule has 2 aliphatic rings. The Morgan fingerprint density at radius 2 is 2.02 bits per heavy atom. The van der Waals surface area contributed by atoms with Gasteiger partial charge in [0.15, 0.2) is 6.23 Å². The Bertz CT molecular complexity index is 2030. The highest BCUT2D eigenvalue weighted by molar-refractivity contribution is 5.89. The fourth-order valence-corrected chi connectivity index (χ4v) is 6.94. The van der Waals surface area contributed by atoms with Crippen LogP contribution >= 0.6 is 0 Å². The van der Waals surface area contributed by atoms with Gasteiger partial charge in [0.05, 0.1) is 28.4 Å². The number of carboxylic acids is 1. The molecule has 1 aromatic carbocycles. The predicted molar refractivity (Wildman–Crippen MR) is 169 cm³/mol. The van der Waals surface area contributed by atoms with E-state index in [0.29, 0.717) is 42.6 Å². The molecule has 2 atom stereocenters. The third-order valence-corrected chi connectivity index (χ3v) is 9.37. The number of aromatic nitrogens is 5. The Morgan fingerprint density at radius 3 is 2.73 bits per heavy atom. The van der Waals surface area contributed by atoms with Crippen LogP contribution in [0.5, 0.6) is 0 Å². The highest BCUT2D eigenvalue weighted by Crippen LogP contribution is 2.34. The van der Waals surface area contributed by atoms with E-state index in [1.165, 1.54) is 6.07 Å². The van der Waals surface area contributed by atoms with Crippen molar-refractivity contribution in [2.45, 2.75) is 51.8 Å². The molecule has 232 valence electrons. The Morgan fingerprint density at radius 1 is 1.18 bits per heavy atom. The minimum Gasteiger partial charge on any atom is -0.478 e. The maximum Gasteiger partial charge on any atom is 0.335 e. The van der Waals surface area contributed by atoms with Crippen molar-refractivity contribution in [1.82, 2.24) is 28.8 Å². The molecule has 1 unspecified atom stereocenters. The van der Waals surface area contributed by atoms with Crippen LogP contribution in [-0.2, 0) is 11.8 Å². The number of nitrogens with zero attached hydrogens (tertiary/aromatic N) is 6. The Kier molecular flexibility index (Phi) is 7.37. The number of carbonyl (C=O) groups is 1.